The van der Waals surface area contributed by atoms with E-state index in [4.69, 9.17) is 4.74 Å². The first-order valence-corrected chi connectivity index (χ1v) is 5.70. The van der Waals surface area contributed by atoms with Crippen molar-refractivity contribution in [2.24, 2.45) is 5.92 Å². The smallest absolute Gasteiger partial charge is 0.331 e. The van der Waals surface area contributed by atoms with E-state index in [2.05, 4.69) is 4.74 Å². The first-order chi connectivity index (χ1) is 7.74. The second-order valence-corrected chi connectivity index (χ2v) is 4.27. The molecule has 0 N–H and O–H groups in total. The van der Waals surface area contributed by atoms with Gasteiger partial charge in [0.2, 0.25) is 5.91 Å². The van der Waals surface area contributed by atoms with Crippen molar-refractivity contribution < 1.29 is 19.1 Å². The molecule has 2 aliphatic rings. The molecule has 16 heavy (non-hydrogen) atoms. The summed E-state index contributed by atoms with van der Waals surface area (Å²) in [6.07, 6.45) is 3.01. The van der Waals surface area contributed by atoms with Crippen LogP contribution in [0.15, 0.2) is 0 Å². The van der Waals surface area contributed by atoms with Gasteiger partial charge in [0.1, 0.15) is 0 Å². The van der Waals surface area contributed by atoms with E-state index in [0.717, 1.165) is 19.3 Å². The van der Waals surface area contributed by atoms with E-state index in [1.165, 1.54) is 7.11 Å². The highest BCUT2D eigenvalue weighted by atomic mass is 16.5. The van der Waals surface area contributed by atoms with Crippen LogP contribution < -0.4 is 0 Å². The number of hydrogen-bond acceptors (Lipinski definition) is 4. The van der Waals surface area contributed by atoms with Gasteiger partial charge in [0.25, 0.3) is 0 Å². The van der Waals surface area contributed by atoms with Gasteiger partial charge in [-0.05, 0) is 12.8 Å². The lowest BCUT2D eigenvalue weighted by Gasteiger charge is -2.38. The Morgan fingerprint density at radius 1 is 1.38 bits per heavy atom. The third-order valence-electron chi connectivity index (χ3n) is 3.34. The van der Waals surface area contributed by atoms with Crippen LogP contribution in [0.5, 0.6) is 0 Å². The minimum Gasteiger partial charge on any atom is -0.467 e. The molecule has 0 aromatic carbocycles. The van der Waals surface area contributed by atoms with Crippen molar-refractivity contribution in [1.82, 2.24) is 4.90 Å². The van der Waals surface area contributed by atoms with Crippen LogP contribution in [0, 0.1) is 5.92 Å². The van der Waals surface area contributed by atoms with Gasteiger partial charge in [0.05, 0.1) is 20.3 Å². The van der Waals surface area contributed by atoms with Crippen molar-refractivity contribution >= 4 is 11.9 Å². The Labute approximate surface area is 94.7 Å². The second kappa shape index (κ2) is 4.82. The molecule has 1 saturated heterocycles. The van der Waals surface area contributed by atoms with E-state index >= 15 is 0 Å². The van der Waals surface area contributed by atoms with Gasteiger partial charge in [0.15, 0.2) is 6.04 Å². The fourth-order valence-electron chi connectivity index (χ4n) is 2.09. The Bertz CT molecular complexity index is 288. The van der Waals surface area contributed by atoms with Gasteiger partial charge < -0.3 is 14.4 Å². The molecule has 1 amide bonds. The van der Waals surface area contributed by atoms with Crippen LogP contribution in [0.2, 0.25) is 0 Å². The molecule has 5 heteroatoms. The molecule has 1 aliphatic heterocycles. The van der Waals surface area contributed by atoms with Crippen molar-refractivity contribution in [2.45, 2.75) is 25.3 Å². The van der Waals surface area contributed by atoms with Crippen molar-refractivity contribution in [3.05, 3.63) is 0 Å². The quantitative estimate of drug-likeness (QED) is 0.632. The summed E-state index contributed by atoms with van der Waals surface area (Å²) < 4.78 is 9.91. The van der Waals surface area contributed by atoms with Crippen molar-refractivity contribution in [2.75, 3.05) is 26.9 Å². The lowest BCUT2D eigenvalue weighted by atomic mass is 9.84. The Kier molecular flexibility index (Phi) is 3.43. The number of rotatable bonds is 2. The molecule has 1 atom stereocenters. The molecule has 5 nitrogen and oxygen atoms in total. The van der Waals surface area contributed by atoms with E-state index in [-0.39, 0.29) is 24.4 Å². The van der Waals surface area contributed by atoms with Crippen LogP contribution in [-0.2, 0) is 19.1 Å². The Morgan fingerprint density at radius 3 is 2.69 bits per heavy atom. The zero-order valence-electron chi connectivity index (χ0n) is 9.48. The summed E-state index contributed by atoms with van der Waals surface area (Å²) in [5.41, 5.74) is 0. The molecule has 1 saturated carbocycles. The highest BCUT2D eigenvalue weighted by molar-refractivity contribution is 5.86. The van der Waals surface area contributed by atoms with E-state index in [9.17, 15) is 9.59 Å². The topological polar surface area (TPSA) is 55.8 Å². The molecule has 1 unspecified atom stereocenters. The zero-order chi connectivity index (χ0) is 11.5. The Hall–Kier alpha value is -1.10. The zero-order valence-corrected chi connectivity index (χ0v) is 9.48. The normalized spacial score (nSPS) is 26.1. The second-order valence-electron chi connectivity index (χ2n) is 4.27. The summed E-state index contributed by atoms with van der Waals surface area (Å²) in [6.45, 7) is 1.26. The maximum atomic E-state index is 12.1. The van der Waals surface area contributed by atoms with Gasteiger partial charge >= 0.3 is 5.97 Å². The molecule has 2 fully saturated rings. The number of hydrogen-bond donors (Lipinski definition) is 0. The van der Waals surface area contributed by atoms with Gasteiger partial charge in [-0.3, -0.25) is 4.79 Å². The first-order valence-electron chi connectivity index (χ1n) is 5.70. The van der Waals surface area contributed by atoms with E-state index < -0.39 is 6.04 Å². The van der Waals surface area contributed by atoms with E-state index in [1.807, 2.05) is 0 Å². The molecule has 0 aromatic heterocycles. The molecule has 2 rings (SSSR count). The maximum absolute atomic E-state index is 12.1. The average molecular weight is 227 g/mol. The van der Waals surface area contributed by atoms with Crippen LogP contribution in [0.4, 0.5) is 0 Å². The minimum absolute atomic E-state index is 0.0879. The highest BCUT2D eigenvalue weighted by Gasteiger charge is 2.38. The van der Waals surface area contributed by atoms with Gasteiger partial charge in [-0.15, -0.1) is 0 Å². The summed E-state index contributed by atoms with van der Waals surface area (Å²) in [5, 5.41) is 0. The number of esters is 1. The standard InChI is InChI=1S/C11H17NO4/c1-15-11(14)9-7-16-6-5-12(9)10(13)8-3-2-4-8/h8-9H,2-7H2,1H3. The predicted molar refractivity (Wildman–Crippen MR) is 55.7 cm³/mol. The van der Waals surface area contributed by atoms with Crippen LogP contribution in [0.25, 0.3) is 0 Å². The number of methoxy groups -OCH3 is 1. The monoisotopic (exact) mass is 227 g/mol. The summed E-state index contributed by atoms with van der Waals surface area (Å²) in [7, 11) is 1.34. The SMILES string of the molecule is COC(=O)C1COCCN1C(=O)C1CCC1. The largest absolute Gasteiger partial charge is 0.467 e. The molecule has 0 aromatic rings. The van der Waals surface area contributed by atoms with Gasteiger partial charge in [0, 0.05) is 12.5 Å². The van der Waals surface area contributed by atoms with Gasteiger partial charge in [-0.25, -0.2) is 4.79 Å². The molecule has 1 aliphatic carbocycles. The number of morpholine rings is 1. The lowest BCUT2D eigenvalue weighted by Crippen LogP contribution is -2.55. The Balaban J connectivity index is 2.03. The fourth-order valence-corrected chi connectivity index (χ4v) is 2.09. The van der Waals surface area contributed by atoms with E-state index in [1.54, 1.807) is 4.90 Å². The third-order valence-corrected chi connectivity index (χ3v) is 3.34. The first kappa shape index (κ1) is 11.4. The summed E-state index contributed by atoms with van der Waals surface area (Å²) >= 11 is 0. The fraction of sp³-hybridized carbons (Fsp3) is 0.818. The predicted octanol–water partition coefficient (Wildman–Crippen LogP) is 0.187. The molecule has 0 radical (unpaired) electrons. The summed E-state index contributed by atoms with van der Waals surface area (Å²) in [6, 6.07) is -0.549. The molecule has 0 bridgehead atoms. The molecule has 0 spiro atoms. The third kappa shape index (κ3) is 2.04. The van der Waals surface area contributed by atoms with Crippen molar-refractivity contribution in [1.29, 1.82) is 0 Å². The highest BCUT2D eigenvalue weighted by Crippen LogP contribution is 2.29. The van der Waals surface area contributed by atoms with Crippen LogP contribution in [0.1, 0.15) is 19.3 Å². The number of amides is 1. The van der Waals surface area contributed by atoms with Gasteiger partial charge in [-0.1, -0.05) is 6.42 Å². The maximum Gasteiger partial charge on any atom is 0.331 e. The molecular formula is C11H17NO4. The van der Waals surface area contributed by atoms with Crippen LogP contribution in [-0.4, -0.2) is 49.7 Å². The van der Waals surface area contributed by atoms with E-state index in [0.29, 0.717) is 13.2 Å². The average Bonchev–Trinajstić information content (AvgIpc) is 2.25. The number of nitrogens with zero attached hydrogens (tertiary/aromatic N) is 1. The summed E-state index contributed by atoms with van der Waals surface area (Å²) in [4.78, 5) is 25.2. The summed E-state index contributed by atoms with van der Waals surface area (Å²) in [5.74, 6) is -0.178. The molecule has 1 heterocycles. The molecule has 90 valence electrons. The minimum atomic E-state index is -0.549. The van der Waals surface area contributed by atoms with Crippen molar-refractivity contribution in [3.63, 3.8) is 0 Å². The number of carbonyl (C=O) groups excluding carboxylic acids is 2. The van der Waals surface area contributed by atoms with Crippen LogP contribution >= 0.6 is 0 Å². The van der Waals surface area contributed by atoms with Gasteiger partial charge in [-0.2, -0.15) is 0 Å². The van der Waals surface area contributed by atoms with Crippen LogP contribution in [0.3, 0.4) is 0 Å². The lowest BCUT2D eigenvalue weighted by molar-refractivity contribution is -0.163. The Morgan fingerprint density at radius 2 is 2.12 bits per heavy atom. The van der Waals surface area contributed by atoms with Crippen molar-refractivity contribution in [3.8, 4) is 0 Å². The number of carbonyl (C=O) groups is 2. The molecular weight excluding hydrogens is 210 g/mol. The number of ether oxygens (including phenoxy) is 2.